The first kappa shape index (κ1) is 14.5. The fraction of sp³-hybridized carbons (Fsp3) is 0.421. The molecule has 2 aliphatic heterocycles. The minimum atomic E-state index is -0.296. The van der Waals surface area contributed by atoms with Gasteiger partial charge in [-0.25, -0.2) is 0 Å². The summed E-state index contributed by atoms with van der Waals surface area (Å²) in [6.45, 7) is 2.91. The molecule has 1 aromatic heterocycles. The zero-order valence-corrected chi connectivity index (χ0v) is 13.8. The van der Waals surface area contributed by atoms with Crippen molar-refractivity contribution in [2.24, 2.45) is 7.05 Å². The van der Waals surface area contributed by atoms with Gasteiger partial charge in [0.15, 0.2) is 0 Å². The van der Waals surface area contributed by atoms with Crippen molar-refractivity contribution in [1.82, 2.24) is 9.47 Å². The Hall–Kier alpha value is -2.07. The maximum Gasteiger partial charge on any atom is 0.237 e. The normalized spacial score (nSPS) is 20.3. The van der Waals surface area contributed by atoms with Crippen molar-refractivity contribution in [3.8, 4) is 0 Å². The highest BCUT2D eigenvalue weighted by atomic mass is 16.2. The number of hydrogen-bond acceptors (Lipinski definition) is 2. The van der Waals surface area contributed by atoms with E-state index in [-0.39, 0.29) is 11.3 Å². The van der Waals surface area contributed by atoms with E-state index in [2.05, 4.69) is 53.0 Å². The topological polar surface area (TPSA) is 28.5 Å². The summed E-state index contributed by atoms with van der Waals surface area (Å²) in [5.74, 6) is 0.275. The highest BCUT2D eigenvalue weighted by Crippen LogP contribution is 2.47. The van der Waals surface area contributed by atoms with Crippen LogP contribution in [0.1, 0.15) is 24.1 Å². The molecule has 0 bridgehead atoms. The fourth-order valence-corrected chi connectivity index (χ4v) is 4.18. The lowest BCUT2D eigenvalue weighted by Crippen LogP contribution is -2.47. The van der Waals surface area contributed by atoms with Gasteiger partial charge in [0.1, 0.15) is 0 Å². The SMILES string of the molecule is CN1C(=O)C2(CCN(Cc3cccn3C)CC2)c2ccccc21. The first-order valence-corrected chi connectivity index (χ1v) is 8.32. The number of aryl methyl sites for hydroxylation is 1. The summed E-state index contributed by atoms with van der Waals surface area (Å²) in [4.78, 5) is 17.2. The van der Waals surface area contributed by atoms with Crippen LogP contribution >= 0.6 is 0 Å². The predicted molar refractivity (Wildman–Crippen MR) is 91.5 cm³/mol. The van der Waals surface area contributed by atoms with Crippen LogP contribution in [-0.2, 0) is 23.8 Å². The Morgan fingerprint density at radius 3 is 2.48 bits per heavy atom. The second kappa shape index (κ2) is 5.24. The Labute approximate surface area is 137 Å². The fourth-order valence-electron chi connectivity index (χ4n) is 4.18. The number of benzene rings is 1. The van der Waals surface area contributed by atoms with Crippen LogP contribution < -0.4 is 4.90 Å². The maximum absolute atomic E-state index is 12.9. The molecule has 4 heteroatoms. The Morgan fingerprint density at radius 1 is 1.04 bits per heavy atom. The van der Waals surface area contributed by atoms with Crippen molar-refractivity contribution in [2.45, 2.75) is 24.8 Å². The lowest BCUT2D eigenvalue weighted by atomic mass is 9.73. The van der Waals surface area contributed by atoms with Gasteiger partial charge in [-0.3, -0.25) is 9.69 Å². The summed E-state index contributed by atoms with van der Waals surface area (Å²) in [5, 5.41) is 0. The molecule has 3 heterocycles. The lowest BCUT2D eigenvalue weighted by Gasteiger charge is -2.38. The number of carbonyl (C=O) groups excluding carboxylic acids is 1. The van der Waals surface area contributed by atoms with Gasteiger partial charge in [0.2, 0.25) is 5.91 Å². The molecule has 0 saturated carbocycles. The van der Waals surface area contributed by atoms with Crippen LogP contribution in [0.2, 0.25) is 0 Å². The molecule has 1 saturated heterocycles. The number of carbonyl (C=O) groups is 1. The number of fused-ring (bicyclic) bond motifs is 2. The van der Waals surface area contributed by atoms with Crippen molar-refractivity contribution >= 4 is 11.6 Å². The Bertz CT molecular complexity index is 741. The third kappa shape index (κ3) is 2.12. The molecular formula is C19H23N3O. The number of rotatable bonds is 2. The van der Waals surface area contributed by atoms with Crippen LogP contribution in [0, 0.1) is 0 Å². The molecule has 4 nitrogen and oxygen atoms in total. The summed E-state index contributed by atoms with van der Waals surface area (Å²) in [7, 11) is 4.00. The summed E-state index contributed by atoms with van der Waals surface area (Å²) in [6, 6.07) is 12.6. The molecule has 2 aliphatic rings. The Balaban J connectivity index is 1.55. The van der Waals surface area contributed by atoms with E-state index in [1.807, 2.05) is 18.0 Å². The van der Waals surface area contributed by atoms with E-state index in [0.29, 0.717) is 0 Å². The van der Waals surface area contributed by atoms with Gasteiger partial charge in [-0.1, -0.05) is 18.2 Å². The Morgan fingerprint density at radius 2 is 1.78 bits per heavy atom. The summed E-state index contributed by atoms with van der Waals surface area (Å²) >= 11 is 0. The minimum absolute atomic E-state index is 0.275. The highest BCUT2D eigenvalue weighted by molar-refractivity contribution is 6.07. The molecule has 0 aliphatic carbocycles. The average Bonchev–Trinajstić information content (AvgIpc) is 3.07. The molecule has 1 aromatic carbocycles. The van der Waals surface area contributed by atoms with E-state index in [1.54, 1.807) is 0 Å². The molecule has 1 fully saturated rings. The molecule has 23 heavy (non-hydrogen) atoms. The number of aromatic nitrogens is 1. The quantitative estimate of drug-likeness (QED) is 0.853. The number of hydrogen-bond donors (Lipinski definition) is 0. The number of nitrogens with zero attached hydrogens (tertiary/aromatic N) is 3. The minimum Gasteiger partial charge on any atom is -0.353 e. The number of piperidine rings is 1. The van der Waals surface area contributed by atoms with Crippen LogP contribution in [0.4, 0.5) is 5.69 Å². The van der Waals surface area contributed by atoms with Gasteiger partial charge in [-0.05, 0) is 49.7 Å². The third-order valence-corrected chi connectivity index (χ3v) is 5.64. The van der Waals surface area contributed by atoms with Gasteiger partial charge < -0.3 is 9.47 Å². The average molecular weight is 309 g/mol. The molecule has 0 atom stereocenters. The first-order valence-electron chi connectivity index (χ1n) is 8.32. The number of amides is 1. The van der Waals surface area contributed by atoms with E-state index in [1.165, 1.54) is 11.3 Å². The smallest absolute Gasteiger partial charge is 0.237 e. The summed E-state index contributed by atoms with van der Waals surface area (Å²) in [6.07, 6.45) is 3.92. The van der Waals surface area contributed by atoms with Crippen molar-refractivity contribution in [2.75, 3.05) is 25.0 Å². The highest BCUT2D eigenvalue weighted by Gasteiger charge is 2.50. The molecule has 120 valence electrons. The second-order valence-corrected chi connectivity index (χ2v) is 6.85. The molecule has 2 aromatic rings. The summed E-state index contributed by atoms with van der Waals surface area (Å²) < 4.78 is 2.17. The monoisotopic (exact) mass is 309 g/mol. The number of likely N-dealkylation sites (tertiary alicyclic amines) is 1. The zero-order chi connectivity index (χ0) is 16.0. The number of anilines is 1. The van der Waals surface area contributed by atoms with Crippen molar-refractivity contribution < 1.29 is 4.79 Å². The zero-order valence-electron chi connectivity index (χ0n) is 13.8. The van der Waals surface area contributed by atoms with Gasteiger partial charge in [0, 0.05) is 38.2 Å². The first-order chi connectivity index (χ1) is 11.1. The van der Waals surface area contributed by atoms with E-state index < -0.39 is 0 Å². The van der Waals surface area contributed by atoms with Gasteiger partial charge in [0.05, 0.1) is 5.41 Å². The van der Waals surface area contributed by atoms with Gasteiger partial charge in [-0.15, -0.1) is 0 Å². The largest absolute Gasteiger partial charge is 0.353 e. The molecule has 1 amide bonds. The number of para-hydroxylation sites is 1. The summed E-state index contributed by atoms with van der Waals surface area (Å²) in [5.41, 5.74) is 3.35. The standard InChI is InChI=1S/C19H23N3O/c1-20-11-5-6-15(20)14-22-12-9-19(10-13-22)16-7-3-4-8-17(16)21(2)18(19)23/h3-8,11H,9-10,12-14H2,1-2H3. The third-order valence-electron chi connectivity index (χ3n) is 5.64. The van der Waals surface area contributed by atoms with E-state index >= 15 is 0 Å². The van der Waals surface area contributed by atoms with Gasteiger partial charge in [-0.2, -0.15) is 0 Å². The molecule has 0 radical (unpaired) electrons. The number of likely N-dealkylation sites (N-methyl/N-ethyl adjacent to an activating group) is 1. The molecular weight excluding hydrogens is 286 g/mol. The van der Waals surface area contributed by atoms with Gasteiger partial charge in [0.25, 0.3) is 0 Å². The van der Waals surface area contributed by atoms with E-state index in [9.17, 15) is 4.79 Å². The molecule has 4 rings (SSSR count). The van der Waals surface area contributed by atoms with Crippen LogP contribution in [0.15, 0.2) is 42.6 Å². The predicted octanol–water partition coefficient (Wildman–Crippen LogP) is 2.54. The molecule has 0 N–H and O–H groups in total. The van der Waals surface area contributed by atoms with E-state index in [0.717, 1.165) is 38.2 Å². The van der Waals surface area contributed by atoms with Crippen LogP contribution in [-0.4, -0.2) is 35.5 Å². The van der Waals surface area contributed by atoms with Crippen molar-refractivity contribution in [3.05, 3.63) is 53.9 Å². The Kier molecular flexibility index (Phi) is 3.31. The maximum atomic E-state index is 12.9. The van der Waals surface area contributed by atoms with Crippen molar-refractivity contribution in [3.63, 3.8) is 0 Å². The second-order valence-electron chi connectivity index (χ2n) is 6.85. The van der Waals surface area contributed by atoms with Crippen LogP contribution in [0.5, 0.6) is 0 Å². The lowest BCUT2D eigenvalue weighted by molar-refractivity contribution is -0.124. The van der Waals surface area contributed by atoms with Crippen LogP contribution in [0.3, 0.4) is 0 Å². The van der Waals surface area contributed by atoms with Crippen LogP contribution in [0.25, 0.3) is 0 Å². The van der Waals surface area contributed by atoms with Gasteiger partial charge >= 0.3 is 0 Å². The molecule has 0 unspecified atom stereocenters. The molecule has 1 spiro atoms. The van der Waals surface area contributed by atoms with Crippen molar-refractivity contribution in [1.29, 1.82) is 0 Å². The van der Waals surface area contributed by atoms with E-state index in [4.69, 9.17) is 0 Å².